The van der Waals surface area contributed by atoms with Gasteiger partial charge in [-0.25, -0.2) is 9.59 Å². The molecule has 2 rings (SSSR count). The number of pyridine rings is 2. The first-order valence-electron chi connectivity index (χ1n) is 6.05. The maximum atomic E-state index is 10.2. The summed E-state index contributed by atoms with van der Waals surface area (Å²) in [7, 11) is 0. The Morgan fingerprint density at radius 1 is 0.818 bits per heavy atom. The van der Waals surface area contributed by atoms with E-state index in [9.17, 15) is 9.59 Å². The Hall–Kier alpha value is -2.84. The van der Waals surface area contributed by atoms with Crippen molar-refractivity contribution in [2.45, 2.75) is 12.2 Å². The molecular formula is C14H14N2O6. The zero-order chi connectivity index (χ0) is 16.5. The number of hydrogen-bond donors (Lipinski definition) is 4. The number of aromatic nitrogens is 2. The van der Waals surface area contributed by atoms with Gasteiger partial charge in [-0.05, 0) is 12.1 Å². The molecule has 0 aromatic carbocycles. The molecule has 0 saturated carbocycles. The molecular weight excluding hydrogens is 292 g/mol. The number of rotatable bonds is 4. The Morgan fingerprint density at radius 2 is 1.18 bits per heavy atom. The molecule has 0 aliphatic carbocycles. The van der Waals surface area contributed by atoms with E-state index in [2.05, 4.69) is 9.97 Å². The highest BCUT2D eigenvalue weighted by molar-refractivity contribution is 5.74. The summed E-state index contributed by atoms with van der Waals surface area (Å²) >= 11 is 0. The van der Waals surface area contributed by atoms with Crippen LogP contribution in [0.25, 0.3) is 0 Å². The second-order valence-electron chi connectivity index (χ2n) is 4.05. The third-order valence-electron chi connectivity index (χ3n) is 2.47. The second kappa shape index (κ2) is 8.45. The molecule has 0 unspecified atom stereocenters. The molecule has 8 heteroatoms. The number of nitrogens with zero attached hydrogens (tertiary/aromatic N) is 2. The monoisotopic (exact) mass is 306 g/mol. The van der Waals surface area contributed by atoms with Gasteiger partial charge >= 0.3 is 11.9 Å². The van der Waals surface area contributed by atoms with Crippen LogP contribution in [0, 0.1) is 0 Å². The molecule has 0 amide bonds. The molecule has 2 atom stereocenters. The zero-order valence-corrected chi connectivity index (χ0v) is 11.3. The first-order chi connectivity index (χ1) is 10.4. The van der Waals surface area contributed by atoms with E-state index in [1.807, 2.05) is 0 Å². The van der Waals surface area contributed by atoms with Gasteiger partial charge in [-0.15, -0.1) is 0 Å². The van der Waals surface area contributed by atoms with E-state index in [4.69, 9.17) is 20.4 Å². The van der Waals surface area contributed by atoms with Crippen LogP contribution in [0.4, 0.5) is 0 Å². The van der Waals surface area contributed by atoms with E-state index in [0.29, 0.717) is 11.1 Å². The van der Waals surface area contributed by atoms with Gasteiger partial charge in [-0.2, -0.15) is 0 Å². The lowest BCUT2D eigenvalue weighted by Crippen LogP contribution is -2.10. The van der Waals surface area contributed by atoms with E-state index >= 15 is 0 Å². The lowest BCUT2D eigenvalue weighted by atomic mass is 10.2. The van der Waals surface area contributed by atoms with Crippen molar-refractivity contribution >= 4 is 11.9 Å². The van der Waals surface area contributed by atoms with Crippen LogP contribution >= 0.6 is 0 Å². The molecule has 0 saturated heterocycles. The van der Waals surface area contributed by atoms with Crippen molar-refractivity contribution in [3.05, 3.63) is 60.2 Å². The van der Waals surface area contributed by atoms with Gasteiger partial charge in [0.25, 0.3) is 0 Å². The van der Waals surface area contributed by atoms with Gasteiger partial charge in [0.2, 0.25) is 0 Å². The maximum absolute atomic E-state index is 10.2. The van der Waals surface area contributed by atoms with Gasteiger partial charge in [-0.1, -0.05) is 12.1 Å². The summed E-state index contributed by atoms with van der Waals surface area (Å²) < 4.78 is 0. The fourth-order valence-electron chi connectivity index (χ4n) is 1.36. The number of carbonyl (C=O) groups is 2. The van der Waals surface area contributed by atoms with Crippen molar-refractivity contribution in [2.24, 2.45) is 0 Å². The molecule has 0 bridgehead atoms. The third kappa shape index (κ3) is 5.27. The lowest BCUT2D eigenvalue weighted by Gasteiger charge is -2.02. The summed E-state index contributed by atoms with van der Waals surface area (Å²) in [6, 6.07) is 6.15. The maximum Gasteiger partial charge on any atom is 0.337 e. The summed E-state index contributed by atoms with van der Waals surface area (Å²) in [5.74, 6) is -2.53. The third-order valence-corrected chi connectivity index (χ3v) is 2.47. The van der Waals surface area contributed by atoms with Crippen LogP contribution in [0.1, 0.15) is 23.3 Å². The number of hydrogen-bond acceptors (Lipinski definition) is 6. The quantitative estimate of drug-likeness (QED) is 0.636. The minimum atomic E-state index is -1.47. The van der Waals surface area contributed by atoms with Crippen molar-refractivity contribution in [1.82, 2.24) is 9.97 Å². The molecule has 0 fully saturated rings. The molecule has 0 aliphatic heterocycles. The molecule has 2 aromatic rings. The van der Waals surface area contributed by atoms with Crippen LogP contribution < -0.4 is 0 Å². The molecule has 116 valence electrons. The van der Waals surface area contributed by atoms with Crippen LogP contribution in [-0.4, -0.2) is 42.3 Å². The van der Waals surface area contributed by atoms with Gasteiger partial charge in [-0.3, -0.25) is 9.97 Å². The van der Waals surface area contributed by atoms with Crippen molar-refractivity contribution in [3.8, 4) is 0 Å². The van der Waals surface area contributed by atoms with E-state index in [1.165, 1.54) is 36.9 Å². The summed E-state index contributed by atoms with van der Waals surface area (Å²) in [6.07, 6.45) is 2.72. The van der Waals surface area contributed by atoms with Gasteiger partial charge in [0.15, 0.2) is 12.2 Å². The predicted octanol–water partition coefficient (Wildman–Crippen LogP) is 0.399. The minimum Gasteiger partial charge on any atom is -0.479 e. The highest BCUT2D eigenvalue weighted by atomic mass is 16.4. The van der Waals surface area contributed by atoms with Gasteiger partial charge in [0, 0.05) is 35.9 Å². The minimum absolute atomic E-state index is 0.292. The molecule has 0 spiro atoms. The molecule has 0 aliphatic rings. The normalized spacial score (nSPS) is 12.5. The number of carboxylic acids is 2. The Bertz CT molecular complexity index is 550. The van der Waals surface area contributed by atoms with Crippen molar-refractivity contribution in [2.75, 3.05) is 0 Å². The topological polar surface area (TPSA) is 141 Å². The van der Waals surface area contributed by atoms with E-state index < -0.39 is 24.1 Å². The smallest absolute Gasteiger partial charge is 0.337 e. The Labute approximate surface area is 125 Å². The van der Waals surface area contributed by atoms with Crippen LogP contribution in [0.5, 0.6) is 0 Å². The van der Waals surface area contributed by atoms with Gasteiger partial charge < -0.3 is 20.4 Å². The highest BCUT2D eigenvalue weighted by Crippen LogP contribution is 2.10. The average Bonchev–Trinajstić information content (AvgIpc) is 2.55. The Balaban J connectivity index is 0.000000220. The molecule has 0 radical (unpaired) electrons. The van der Waals surface area contributed by atoms with Crippen LogP contribution in [0.15, 0.2) is 49.1 Å². The first-order valence-corrected chi connectivity index (χ1v) is 6.05. The zero-order valence-electron chi connectivity index (χ0n) is 11.3. The fourth-order valence-corrected chi connectivity index (χ4v) is 1.36. The predicted molar refractivity (Wildman–Crippen MR) is 73.7 cm³/mol. The second-order valence-corrected chi connectivity index (χ2v) is 4.05. The fraction of sp³-hybridized carbons (Fsp3) is 0.143. The standard InChI is InChI=1S/2C7H7NO3/c2*9-6(7(10)11)5-2-1-3-8-4-5/h2*1-4,6,9H,(H,10,11)/t2*6-/m10/s1. The van der Waals surface area contributed by atoms with E-state index in [1.54, 1.807) is 12.1 Å². The average molecular weight is 306 g/mol. The van der Waals surface area contributed by atoms with Gasteiger partial charge in [0.05, 0.1) is 0 Å². The van der Waals surface area contributed by atoms with Crippen LogP contribution in [0.3, 0.4) is 0 Å². The molecule has 2 aromatic heterocycles. The van der Waals surface area contributed by atoms with Crippen molar-refractivity contribution in [1.29, 1.82) is 0 Å². The summed E-state index contributed by atoms with van der Waals surface area (Å²) in [5, 5.41) is 34.6. The van der Waals surface area contributed by atoms with Crippen LogP contribution in [-0.2, 0) is 9.59 Å². The van der Waals surface area contributed by atoms with Crippen molar-refractivity contribution < 1.29 is 30.0 Å². The Morgan fingerprint density at radius 3 is 1.41 bits per heavy atom. The molecule has 2 heterocycles. The largest absolute Gasteiger partial charge is 0.479 e. The van der Waals surface area contributed by atoms with E-state index in [-0.39, 0.29) is 0 Å². The number of aliphatic hydroxyl groups excluding tert-OH is 2. The molecule has 4 N–H and O–H groups in total. The molecule has 22 heavy (non-hydrogen) atoms. The number of carboxylic acid groups (broad SMARTS) is 2. The summed E-state index contributed by atoms with van der Waals surface area (Å²) in [4.78, 5) is 27.8. The number of aliphatic hydroxyl groups is 2. The van der Waals surface area contributed by atoms with Crippen molar-refractivity contribution in [3.63, 3.8) is 0 Å². The Kier molecular flexibility index (Phi) is 6.61. The van der Waals surface area contributed by atoms with E-state index in [0.717, 1.165) is 0 Å². The summed E-state index contributed by atoms with van der Waals surface area (Å²) in [5.41, 5.74) is 0.583. The van der Waals surface area contributed by atoms with Gasteiger partial charge in [0.1, 0.15) is 0 Å². The number of aliphatic carboxylic acids is 2. The highest BCUT2D eigenvalue weighted by Gasteiger charge is 2.15. The molecule has 8 nitrogen and oxygen atoms in total. The first kappa shape index (κ1) is 17.2. The van der Waals surface area contributed by atoms with Crippen LogP contribution in [0.2, 0.25) is 0 Å². The SMILES string of the molecule is O=C(O)[C@@H](O)c1cccnc1.O=C(O)[C@H](O)c1cccnc1. The lowest BCUT2D eigenvalue weighted by molar-refractivity contribution is -0.147. The summed E-state index contributed by atoms with van der Waals surface area (Å²) in [6.45, 7) is 0.